The van der Waals surface area contributed by atoms with Crippen LogP contribution in [-0.2, 0) is 17.9 Å². The van der Waals surface area contributed by atoms with E-state index in [0.29, 0.717) is 67.0 Å². The fraction of sp³-hybridized carbons (Fsp3) is 0.436. The van der Waals surface area contributed by atoms with E-state index in [0.717, 1.165) is 34.9 Å². The summed E-state index contributed by atoms with van der Waals surface area (Å²) in [6.45, 7) is 7.13. The Hall–Kier alpha value is -4.72. The van der Waals surface area contributed by atoms with Gasteiger partial charge >= 0.3 is 0 Å². The average Bonchev–Trinajstić information content (AvgIpc) is 3.75. The van der Waals surface area contributed by atoms with Crippen molar-refractivity contribution in [2.75, 3.05) is 46.8 Å². The maximum Gasteiger partial charge on any atom is 0.265 e. The quantitative estimate of drug-likeness (QED) is 0.240. The number of carbonyl (C=O) groups is 2. The van der Waals surface area contributed by atoms with Gasteiger partial charge in [0.1, 0.15) is 21.9 Å². The summed E-state index contributed by atoms with van der Waals surface area (Å²) in [5.74, 6) is -0.502. The minimum atomic E-state index is -1.14. The summed E-state index contributed by atoms with van der Waals surface area (Å²) in [6, 6.07) is 15.7. The lowest BCUT2D eigenvalue weighted by Gasteiger charge is -2.43. The average molecular weight is 723 g/mol. The van der Waals surface area contributed by atoms with E-state index >= 15 is 0 Å². The van der Waals surface area contributed by atoms with Crippen LogP contribution in [0.1, 0.15) is 51.8 Å². The number of amides is 2. The van der Waals surface area contributed by atoms with Crippen LogP contribution < -0.4 is 5.56 Å². The van der Waals surface area contributed by atoms with E-state index in [1.807, 2.05) is 91.0 Å². The van der Waals surface area contributed by atoms with Gasteiger partial charge in [-0.1, -0.05) is 30.3 Å². The van der Waals surface area contributed by atoms with Crippen molar-refractivity contribution in [1.82, 2.24) is 38.8 Å². The van der Waals surface area contributed by atoms with E-state index in [4.69, 9.17) is 4.98 Å². The van der Waals surface area contributed by atoms with Crippen molar-refractivity contribution in [3.8, 4) is 10.6 Å². The molecule has 1 aromatic carbocycles. The predicted octanol–water partition coefficient (Wildman–Crippen LogP) is 4.19. The van der Waals surface area contributed by atoms with E-state index in [-0.39, 0.29) is 35.8 Å². The second-order valence-corrected chi connectivity index (χ2v) is 15.6. The first-order chi connectivity index (χ1) is 25.0. The Labute approximate surface area is 307 Å². The van der Waals surface area contributed by atoms with Crippen LogP contribution >= 0.6 is 11.3 Å². The van der Waals surface area contributed by atoms with Crippen LogP contribution in [-0.4, -0.2) is 108 Å². The molecule has 1 N–H and O–H groups in total. The number of benzene rings is 1. The van der Waals surface area contributed by atoms with Crippen molar-refractivity contribution in [1.29, 1.82) is 0 Å². The normalized spacial score (nSPS) is 19.0. The number of thiazole rings is 1. The Kier molecular flexibility index (Phi) is 10.1. The molecule has 2 amide bonds. The molecule has 7 rings (SSSR count). The second kappa shape index (κ2) is 14.7. The summed E-state index contributed by atoms with van der Waals surface area (Å²) in [5, 5.41) is 12.9. The monoisotopic (exact) mass is 722 g/mol. The largest absolute Gasteiger partial charge is 0.388 e. The highest BCUT2D eigenvalue weighted by molar-refractivity contribution is 7.17. The molecule has 0 unspecified atom stereocenters. The maximum absolute atomic E-state index is 14.2. The first kappa shape index (κ1) is 35.7. The Morgan fingerprint density at radius 3 is 2.46 bits per heavy atom. The number of fused-ring (bicyclic) bond motifs is 1. The number of likely N-dealkylation sites (N-methyl/N-ethyl adjacent to an activating group) is 1. The molecule has 2 aliphatic rings. The molecule has 52 heavy (non-hydrogen) atoms. The molecule has 0 aliphatic carbocycles. The molecule has 0 saturated carbocycles. The fourth-order valence-corrected chi connectivity index (χ4v) is 8.51. The molecule has 13 heteroatoms. The van der Waals surface area contributed by atoms with Crippen LogP contribution in [0.5, 0.6) is 0 Å². The number of aliphatic hydroxyl groups is 1. The first-order valence-electron chi connectivity index (χ1n) is 17.9. The van der Waals surface area contributed by atoms with Gasteiger partial charge in [0.2, 0.25) is 5.91 Å². The summed E-state index contributed by atoms with van der Waals surface area (Å²) in [7, 11) is 4.01. The van der Waals surface area contributed by atoms with E-state index in [9.17, 15) is 19.5 Å². The predicted molar refractivity (Wildman–Crippen MR) is 201 cm³/mol. The third-order valence-electron chi connectivity index (χ3n) is 10.6. The molecular formula is C39H46N8O4S. The number of piperidine rings is 2. The Balaban J connectivity index is 1.03. The second-order valence-electron chi connectivity index (χ2n) is 14.6. The van der Waals surface area contributed by atoms with Crippen molar-refractivity contribution >= 4 is 34.2 Å². The third-order valence-corrected chi connectivity index (χ3v) is 11.8. The highest BCUT2D eigenvalue weighted by Gasteiger charge is 2.42. The molecule has 2 aliphatic heterocycles. The number of pyridine rings is 1. The molecule has 0 radical (unpaired) electrons. The van der Waals surface area contributed by atoms with Crippen LogP contribution in [0.3, 0.4) is 0 Å². The zero-order valence-corrected chi connectivity index (χ0v) is 31.1. The number of aryl methyl sites for hydroxylation is 2. The summed E-state index contributed by atoms with van der Waals surface area (Å²) < 4.78 is 3.48. The van der Waals surface area contributed by atoms with Crippen molar-refractivity contribution in [2.45, 2.75) is 57.7 Å². The molecule has 272 valence electrons. The van der Waals surface area contributed by atoms with Crippen LogP contribution in [0.25, 0.3) is 21.6 Å². The highest BCUT2D eigenvalue weighted by Crippen LogP contribution is 2.37. The number of nitrogens with zero attached hydrogens (tertiary/aromatic N) is 8. The van der Waals surface area contributed by atoms with Gasteiger partial charge in [-0.2, -0.15) is 0 Å². The van der Waals surface area contributed by atoms with Crippen molar-refractivity contribution in [2.24, 2.45) is 5.92 Å². The molecule has 2 atom stereocenters. The number of hydrogen-bond acceptors (Lipinski definition) is 9. The summed E-state index contributed by atoms with van der Waals surface area (Å²) in [4.78, 5) is 61.7. The number of hydrogen-bond donors (Lipinski definition) is 1. The molecule has 6 heterocycles. The van der Waals surface area contributed by atoms with Gasteiger partial charge in [-0.15, -0.1) is 11.3 Å². The van der Waals surface area contributed by atoms with E-state index in [2.05, 4.69) is 14.9 Å². The van der Waals surface area contributed by atoms with Gasteiger partial charge in [0.05, 0.1) is 23.2 Å². The Morgan fingerprint density at radius 2 is 1.75 bits per heavy atom. The van der Waals surface area contributed by atoms with E-state index in [1.54, 1.807) is 12.3 Å². The molecule has 4 aromatic heterocycles. The lowest BCUT2D eigenvalue weighted by Crippen LogP contribution is -2.53. The van der Waals surface area contributed by atoms with Crippen molar-refractivity contribution in [3.05, 3.63) is 99.4 Å². The smallest absolute Gasteiger partial charge is 0.265 e. The van der Waals surface area contributed by atoms with E-state index < -0.39 is 5.60 Å². The van der Waals surface area contributed by atoms with Crippen LogP contribution in [0.2, 0.25) is 0 Å². The minimum absolute atomic E-state index is 0.0467. The van der Waals surface area contributed by atoms with Crippen LogP contribution in [0.4, 0.5) is 0 Å². The van der Waals surface area contributed by atoms with E-state index in [1.165, 1.54) is 22.2 Å². The zero-order valence-electron chi connectivity index (χ0n) is 30.2. The molecule has 0 bridgehead atoms. The molecule has 0 spiro atoms. The Morgan fingerprint density at radius 1 is 0.981 bits per heavy atom. The van der Waals surface area contributed by atoms with Crippen LogP contribution in [0.15, 0.2) is 72.0 Å². The standard InChI is InChI=1S/C39H46N8O4S/c1-26-10-11-29(22-40-26)35-42-27(2)33(52-35)38(50)46-17-12-30(32(23-46)28-8-6-5-7-9-28)36(48)45-18-14-39(51,15-19-45)24-47-25-41-34-31(37(47)49)13-16-44(34)21-20-43(3)4/h5-11,13,16,22,25,30,32,51H,12,14-15,17-21,23-24H2,1-4H3/t30-,32+/m1/s1. The number of carbonyl (C=O) groups excluding carboxylic acids is 2. The molecule has 2 saturated heterocycles. The Bertz CT molecular complexity index is 2120. The SMILES string of the molecule is Cc1ccc(-c2nc(C)c(C(=O)N3CC[C@@H](C(=O)N4CCC(O)(Cn5cnc6c(ccn6CCN(C)C)c5=O)CC4)[C@H](c4ccccc4)C3)s2)cn1. The fourth-order valence-electron chi connectivity index (χ4n) is 7.49. The highest BCUT2D eigenvalue weighted by atomic mass is 32.1. The number of likely N-dealkylation sites (tertiary alicyclic amines) is 2. The zero-order chi connectivity index (χ0) is 36.6. The van der Waals surface area contributed by atoms with Gasteiger partial charge in [-0.05, 0) is 71.0 Å². The van der Waals surface area contributed by atoms with Crippen molar-refractivity contribution in [3.63, 3.8) is 0 Å². The van der Waals surface area contributed by atoms with Gasteiger partial charge in [0.15, 0.2) is 0 Å². The van der Waals surface area contributed by atoms with Gasteiger partial charge in [-0.3, -0.25) is 23.9 Å². The maximum atomic E-state index is 14.2. The lowest BCUT2D eigenvalue weighted by molar-refractivity contribution is -0.142. The summed E-state index contributed by atoms with van der Waals surface area (Å²) in [5.41, 5.74) is 2.84. The van der Waals surface area contributed by atoms with Gasteiger partial charge in [0.25, 0.3) is 11.5 Å². The topological polar surface area (TPSA) is 130 Å². The van der Waals surface area contributed by atoms with Gasteiger partial charge < -0.3 is 24.4 Å². The lowest BCUT2D eigenvalue weighted by atomic mass is 9.79. The third kappa shape index (κ3) is 7.30. The van der Waals surface area contributed by atoms with Gasteiger partial charge in [0, 0.05) is 74.8 Å². The number of rotatable bonds is 9. The van der Waals surface area contributed by atoms with Crippen molar-refractivity contribution < 1.29 is 14.7 Å². The molecular weight excluding hydrogens is 677 g/mol. The molecule has 12 nitrogen and oxygen atoms in total. The molecule has 2 fully saturated rings. The minimum Gasteiger partial charge on any atom is -0.388 e. The van der Waals surface area contributed by atoms with Crippen LogP contribution in [0, 0.1) is 19.8 Å². The number of aromatic nitrogens is 5. The van der Waals surface area contributed by atoms with Gasteiger partial charge in [-0.25, -0.2) is 9.97 Å². The summed E-state index contributed by atoms with van der Waals surface area (Å²) >= 11 is 1.38. The molecule has 5 aromatic rings. The first-order valence-corrected chi connectivity index (χ1v) is 18.8. The summed E-state index contributed by atoms with van der Waals surface area (Å²) in [6.07, 6.45) is 6.44.